The maximum absolute atomic E-state index is 12.1. The highest BCUT2D eigenvalue weighted by atomic mass is 35.5. The van der Waals surface area contributed by atoms with Crippen molar-refractivity contribution in [3.05, 3.63) is 81.8 Å². The van der Waals surface area contributed by atoms with Crippen LogP contribution in [0.3, 0.4) is 0 Å². The number of hydrogen-bond acceptors (Lipinski definition) is 2. The van der Waals surface area contributed by atoms with Gasteiger partial charge in [-0.2, -0.15) is 0 Å². The summed E-state index contributed by atoms with van der Waals surface area (Å²) in [6.07, 6.45) is 0. The molecule has 0 aliphatic rings. The number of halogens is 2. The second kappa shape index (κ2) is 6.82. The number of benzene rings is 4. The summed E-state index contributed by atoms with van der Waals surface area (Å²) in [5.74, 6) is -2.49. The van der Waals surface area contributed by atoms with Crippen LogP contribution in [-0.4, -0.2) is 22.2 Å². The van der Waals surface area contributed by atoms with Gasteiger partial charge < -0.3 is 10.2 Å². The molecule has 0 unspecified atom stereocenters. The van der Waals surface area contributed by atoms with Crippen LogP contribution in [0.25, 0.3) is 32.7 Å². The summed E-state index contributed by atoms with van der Waals surface area (Å²) in [7, 11) is 0. The average molecular weight is 411 g/mol. The number of hydrogen-bond donors (Lipinski definition) is 2. The van der Waals surface area contributed by atoms with Crippen molar-refractivity contribution in [3.63, 3.8) is 0 Å². The Bertz CT molecular complexity index is 1190. The van der Waals surface area contributed by atoms with Crippen molar-refractivity contribution in [2.75, 3.05) is 0 Å². The number of aromatic carboxylic acids is 2. The molecule has 4 rings (SSSR count). The van der Waals surface area contributed by atoms with Crippen LogP contribution in [0.1, 0.15) is 20.7 Å². The fraction of sp³-hybridized carbons (Fsp3) is 0. The molecule has 0 saturated heterocycles. The summed E-state index contributed by atoms with van der Waals surface area (Å²) in [5.41, 5.74) is 0.170. The first-order chi connectivity index (χ1) is 13.4. The summed E-state index contributed by atoms with van der Waals surface area (Å²) >= 11 is 12.6. The van der Waals surface area contributed by atoms with Crippen molar-refractivity contribution < 1.29 is 19.8 Å². The minimum absolute atomic E-state index is 0.0293. The van der Waals surface area contributed by atoms with Crippen LogP contribution in [0.15, 0.2) is 60.7 Å². The van der Waals surface area contributed by atoms with Gasteiger partial charge in [0.15, 0.2) is 0 Å². The lowest BCUT2D eigenvalue weighted by Crippen LogP contribution is -2.07. The van der Waals surface area contributed by atoms with Crippen LogP contribution in [0.2, 0.25) is 10.0 Å². The van der Waals surface area contributed by atoms with Gasteiger partial charge in [-0.25, -0.2) is 9.59 Å². The van der Waals surface area contributed by atoms with Crippen molar-refractivity contribution in [2.45, 2.75) is 0 Å². The number of fused-ring (bicyclic) bond motifs is 2. The molecule has 4 aromatic carbocycles. The van der Waals surface area contributed by atoms with Crippen molar-refractivity contribution in [1.29, 1.82) is 0 Å². The van der Waals surface area contributed by atoms with E-state index in [0.717, 1.165) is 0 Å². The van der Waals surface area contributed by atoms with Gasteiger partial charge in [-0.05, 0) is 33.7 Å². The first kappa shape index (κ1) is 18.3. The fourth-order valence-corrected chi connectivity index (χ4v) is 4.15. The predicted molar refractivity (Wildman–Crippen MR) is 111 cm³/mol. The van der Waals surface area contributed by atoms with Gasteiger partial charge in [-0.3, -0.25) is 0 Å². The minimum Gasteiger partial charge on any atom is -0.478 e. The zero-order chi connectivity index (χ0) is 20.0. The second-order valence-corrected chi connectivity index (χ2v) is 7.08. The minimum atomic E-state index is -1.24. The zero-order valence-electron chi connectivity index (χ0n) is 14.2. The molecule has 0 fully saturated rings. The lowest BCUT2D eigenvalue weighted by atomic mass is 9.87. The van der Waals surface area contributed by atoms with E-state index in [1.165, 1.54) is 0 Å². The van der Waals surface area contributed by atoms with Gasteiger partial charge in [-0.15, -0.1) is 0 Å². The molecule has 0 bridgehead atoms. The van der Waals surface area contributed by atoms with Crippen LogP contribution in [0, 0.1) is 0 Å². The van der Waals surface area contributed by atoms with E-state index in [1.807, 2.05) is 0 Å². The van der Waals surface area contributed by atoms with Crippen LogP contribution >= 0.6 is 23.2 Å². The monoisotopic (exact) mass is 410 g/mol. The molecule has 6 heteroatoms. The predicted octanol–water partition coefficient (Wildman–Crippen LogP) is 6.36. The Morgan fingerprint density at radius 3 is 1.36 bits per heavy atom. The van der Waals surface area contributed by atoms with E-state index in [-0.39, 0.29) is 32.3 Å². The van der Waals surface area contributed by atoms with Gasteiger partial charge in [0.1, 0.15) is 0 Å². The molecule has 28 heavy (non-hydrogen) atoms. The van der Waals surface area contributed by atoms with E-state index in [0.29, 0.717) is 21.5 Å². The quantitative estimate of drug-likeness (QED) is 0.411. The highest BCUT2D eigenvalue weighted by Crippen LogP contribution is 2.43. The Balaban J connectivity index is 2.34. The molecule has 0 atom stereocenters. The molecular formula is C22H12Cl2O4. The third-order valence-corrected chi connectivity index (χ3v) is 5.28. The van der Waals surface area contributed by atoms with Gasteiger partial charge in [-0.1, -0.05) is 71.7 Å². The van der Waals surface area contributed by atoms with Crippen molar-refractivity contribution in [1.82, 2.24) is 0 Å². The topological polar surface area (TPSA) is 74.6 Å². The van der Waals surface area contributed by atoms with Crippen molar-refractivity contribution in [2.24, 2.45) is 0 Å². The Morgan fingerprint density at radius 1 is 0.643 bits per heavy atom. The van der Waals surface area contributed by atoms with Crippen LogP contribution in [0.4, 0.5) is 0 Å². The van der Waals surface area contributed by atoms with Crippen LogP contribution in [-0.2, 0) is 0 Å². The highest BCUT2D eigenvalue weighted by molar-refractivity contribution is 6.38. The molecule has 0 radical (unpaired) electrons. The molecule has 0 aromatic heterocycles. The fourth-order valence-electron chi connectivity index (χ4n) is 3.56. The highest BCUT2D eigenvalue weighted by Gasteiger charge is 2.27. The summed E-state index contributed by atoms with van der Waals surface area (Å²) < 4.78 is 0. The Hall–Kier alpha value is -3.08. The standard InChI is InChI=1S/C22H12Cl2O4/c23-15-9-11-5-1-3-7-13(11)17(19(15)21(25)26)18-14-8-4-2-6-12(14)10-16(24)20(18)22(27)28/h1-10H,(H,25,26)(H,27,28). The largest absolute Gasteiger partial charge is 0.478 e. The maximum atomic E-state index is 12.1. The van der Waals surface area contributed by atoms with Crippen molar-refractivity contribution in [3.8, 4) is 11.1 Å². The van der Waals surface area contributed by atoms with E-state index < -0.39 is 11.9 Å². The Labute approximate surface area is 169 Å². The summed E-state index contributed by atoms with van der Waals surface area (Å²) in [6, 6.07) is 17.3. The Morgan fingerprint density at radius 2 is 1.00 bits per heavy atom. The lowest BCUT2D eigenvalue weighted by molar-refractivity contribution is 0.0684. The molecule has 0 saturated carbocycles. The molecule has 138 valence electrons. The van der Waals surface area contributed by atoms with Gasteiger partial charge in [0, 0.05) is 11.1 Å². The van der Waals surface area contributed by atoms with E-state index in [1.54, 1.807) is 60.7 Å². The first-order valence-corrected chi connectivity index (χ1v) is 9.05. The van der Waals surface area contributed by atoms with Crippen LogP contribution in [0.5, 0.6) is 0 Å². The van der Waals surface area contributed by atoms with Gasteiger partial charge in [0.2, 0.25) is 0 Å². The zero-order valence-corrected chi connectivity index (χ0v) is 15.8. The van der Waals surface area contributed by atoms with E-state index >= 15 is 0 Å². The molecular weight excluding hydrogens is 399 g/mol. The third-order valence-electron chi connectivity index (χ3n) is 4.68. The number of carboxylic acid groups (broad SMARTS) is 2. The number of rotatable bonds is 3. The molecule has 4 aromatic rings. The smallest absolute Gasteiger partial charge is 0.337 e. The third kappa shape index (κ3) is 2.78. The van der Waals surface area contributed by atoms with Gasteiger partial charge >= 0.3 is 11.9 Å². The van der Waals surface area contributed by atoms with E-state index in [2.05, 4.69) is 0 Å². The summed E-state index contributed by atoms with van der Waals surface area (Å²) in [5, 5.41) is 22.4. The SMILES string of the molecule is O=C(O)c1c(Cl)cc2ccccc2c1-c1c(C(=O)O)c(Cl)cc2ccccc12. The lowest BCUT2D eigenvalue weighted by Gasteiger charge is -2.18. The summed E-state index contributed by atoms with van der Waals surface area (Å²) in [4.78, 5) is 24.2. The molecule has 0 spiro atoms. The average Bonchev–Trinajstić information content (AvgIpc) is 2.65. The first-order valence-electron chi connectivity index (χ1n) is 8.29. The molecule has 0 aliphatic carbocycles. The number of carbonyl (C=O) groups is 2. The van der Waals surface area contributed by atoms with Gasteiger partial charge in [0.05, 0.1) is 21.2 Å². The summed E-state index contributed by atoms with van der Waals surface area (Å²) in [6.45, 7) is 0. The Kier molecular flexibility index (Phi) is 4.46. The maximum Gasteiger partial charge on any atom is 0.337 e. The second-order valence-electron chi connectivity index (χ2n) is 6.27. The molecule has 2 N–H and O–H groups in total. The molecule has 0 aliphatic heterocycles. The van der Waals surface area contributed by atoms with Crippen molar-refractivity contribution >= 4 is 56.7 Å². The van der Waals surface area contributed by atoms with E-state index in [4.69, 9.17) is 23.2 Å². The van der Waals surface area contributed by atoms with Gasteiger partial charge in [0.25, 0.3) is 0 Å². The normalized spacial score (nSPS) is 11.1. The molecule has 4 nitrogen and oxygen atoms in total. The van der Waals surface area contributed by atoms with Crippen LogP contribution < -0.4 is 0 Å². The van der Waals surface area contributed by atoms with E-state index in [9.17, 15) is 19.8 Å². The molecule has 0 amide bonds. The number of carboxylic acids is 2. The molecule has 0 heterocycles.